The molecule has 0 aromatic heterocycles. The molecule has 0 unspecified atom stereocenters. The summed E-state index contributed by atoms with van der Waals surface area (Å²) < 4.78 is 0.165. The Hall–Kier alpha value is -2.74. The third-order valence-corrected chi connectivity index (χ3v) is 3.54. The highest BCUT2D eigenvalue weighted by molar-refractivity contribution is 9.10. The number of phenols is 1. The molecule has 2 N–H and O–H groups in total. The predicted octanol–water partition coefficient (Wildman–Crippen LogP) is 3.14. The third kappa shape index (κ3) is 4.13. The van der Waals surface area contributed by atoms with Crippen LogP contribution in [0.5, 0.6) is 5.75 Å². The SMILES string of the molecule is Cc1cccc(C(=O)N/N=C/c2cc([N+](=O)[O-])cc(Br)c2O)c1. The molecule has 0 aliphatic rings. The summed E-state index contributed by atoms with van der Waals surface area (Å²) in [5.41, 5.74) is 3.57. The lowest BCUT2D eigenvalue weighted by molar-refractivity contribution is -0.385. The molecule has 0 saturated carbocycles. The van der Waals surface area contributed by atoms with Crippen LogP contribution in [0.2, 0.25) is 0 Å². The van der Waals surface area contributed by atoms with E-state index in [1.165, 1.54) is 6.07 Å². The third-order valence-electron chi connectivity index (χ3n) is 2.94. The number of nitro benzene ring substituents is 1. The van der Waals surface area contributed by atoms with Crippen LogP contribution in [0.4, 0.5) is 5.69 Å². The van der Waals surface area contributed by atoms with Crippen LogP contribution in [0, 0.1) is 17.0 Å². The van der Waals surface area contributed by atoms with Gasteiger partial charge in [0.25, 0.3) is 11.6 Å². The average Bonchev–Trinajstić information content (AvgIpc) is 2.50. The fraction of sp³-hybridized carbons (Fsp3) is 0.0667. The molecule has 118 valence electrons. The van der Waals surface area contributed by atoms with Crippen molar-refractivity contribution < 1.29 is 14.8 Å². The van der Waals surface area contributed by atoms with E-state index >= 15 is 0 Å². The van der Waals surface area contributed by atoms with Crippen molar-refractivity contribution in [1.29, 1.82) is 0 Å². The number of carbonyl (C=O) groups excluding carboxylic acids is 1. The lowest BCUT2D eigenvalue weighted by atomic mass is 10.1. The lowest BCUT2D eigenvalue weighted by Gasteiger charge is -2.03. The quantitative estimate of drug-likeness (QED) is 0.484. The van der Waals surface area contributed by atoms with Crippen molar-refractivity contribution in [3.05, 3.63) is 67.7 Å². The highest BCUT2D eigenvalue weighted by Gasteiger charge is 2.13. The molecule has 2 aromatic rings. The molecule has 0 atom stereocenters. The maximum absolute atomic E-state index is 11.9. The molecule has 0 fully saturated rings. The summed E-state index contributed by atoms with van der Waals surface area (Å²) in [5.74, 6) is -0.627. The molecule has 23 heavy (non-hydrogen) atoms. The summed E-state index contributed by atoms with van der Waals surface area (Å²) >= 11 is 3.03. The highest BCUT2D eigenvalue weighted by Crippen LogP contribution is 2.31. The zero-order valence-electron chi connectivity index (χ0n) is 12.0. The number of nitrogens with one attached hydrogen (secondary N) is 1. The summed E-state index contributed by atoms with van der Waals surface area (Å²) in [6.07, 6.45) is 1.14. The molecule has 0 saturated heterocycles. The van der Waals surface area contributed by atoms with Gasteiger partial charge in [0.15, 0.2) is 0 Å². The molecule has 2 aromatic carbocycles. The minimum Gasteiger partial charge on any atom is -0.506 e. The van der Waals surface area contributed by atoms with Crippen LogP contribution in [-0.2, 0) is 0 Å². The highest BCUT2D eigenvalue weighted by atomic mass is 79.9. The number of hydrogen-bond acceptors (Lipinski definition) is 5. The number of aromatic hydroxyl groups is 1. The number of halogens is 1. The van der Waals surface area contributed by atoms with Crippen molar-refractivity contribution in [2.45, 2.75) is 6.92 Å². The van der Waals surface area contributed by atoms with Crippen molar-refractivity contribution in [3.8, 4) is 5.75 Å². The van der Waals surface area contributed by atoms with Crippen LogP contribution < -0.4 is 5.43 Å². The van der Waals surface area contributed by atoms with Gasteiger partial charge in [-0.15, -0.1) is 0 Å². The Morgan fingerprint density at radius 2 is 2.13 bits per heavy atom. The summed E-state index contributed by atoms with van der Waals surface area (Å²) in [7, 11) is 0. The van der Waals surface area contributed by atoms with Gasteiger partial charge in [0, 0.05) is 23.3 Å². The summed E-state index contributed by atoms with van der Waals surface area (Å²) in [4.78, 5) is 22.1. The topological polar surface area (TPSA) is 105 Å². The number of non-ortho nitro benzene ring substituents is 1. The number of hydrogen-bond donors (Lipinski definition) is 2. The number of hydrazone groups is 1. The second-order valence-corrected chi connectivity index (χ2v) is 5.55. The van der Waals surface area contributed by atoms with Crippen LogP contribution in [0.3, 0.4) is 0 Å². The maximum atomic E-state index is 11.9. The van der Waals surface area contributed by atoms with Gasteiger partial charge in [-0.2, -0.15) is 5.10 Å². The summed E-state index contributed by atoms with van der Waals surface area (Å²) in [6, 6.07) is 9.28. The molecular formula is C15H12BrN3O4. The van der Waals surface area contributed by atoms with Gasteiger partial charge in [-0.1, -0.05) is 17.7 Å². The first-order chi connectivity index (χ1) is 10.9. The van der Waals surface area contributed by atoms with E-state index in [1.807, 2.05) is 13.0 Å². The van der Waals surface area contributed by atoms with E-state index in [2.05, 4.69) is 26.5 Å². The van der Waals surface area contributed by atoms with Crippen LogP contribution in [0.1, 0.15) is 21.5 Å². The van der Waals surface area contributed by atoms with Gasteiger partial charge >= 0.3 is 0 Å². The van der Waals surface area contributed by atoms with Gasteiger partial charge < -0.3 is 5.11 Å². The van der Waals surface area contributed by atoms with Crippen molar-refractivity contribution in [2.24, 2.45) is 5.10 Å². The number of amides is 1. The number of rotatable bonds is 4. The Labute approximate surface area is 139 Å². The average molecular weight is 378 g/mol. The monoisotopic (exact) mass is 377 g/mol. The number of carbonyl (C=O) groups is 1. The standard InChI is InChI=1S/C15H12BrN3O4/c1-9-3-2-4-10(5-9)15(21)18-17-8-11-6-12(19(22)23)7-13(16)14(11)20/h2-8,20H,1H3,(H,18,21)/b17-8+. The number of nitro groups is 1. The maximum Gasteiger partial charge on any atom is 0.271 e. The molecule has 7 nitrogen and oxygen atoms in total. The van der Waals surface area contributed by atoms with Crippen molar-refractivity contribution in [3.63, 3.8) is 0 Å². The smallest absolute Gasteiger partial charge is 0.271 e. The van der Waals surface area contributed by atoms with Gasteiger partial charge in [0.05, 0.1) is 15.6 Å². The molecule has 0 radical (unpaired) electrons. The van der Waals surface area contributed by atoms with Crippen molar-refractivity contribution >= 4 is 33.7 Å². The molecule has 2 rings (SSSR count). The fourth-order valence-corrected chi connectivity index (χ4v) is 2.28. The first kappa shape index (κ1) is 16.6. The van der Waals surface area contributed by atoms with E-state index < -0.39 is 10.8 Å². The second kappa shape index (κ2) is 7.01. The van der Waals surface area contributed by atoms with Gasteiger partial charge in [-0.3, -0.25) is 14.9 Å². The van der Waals surface area contributed by atoms with Gasteiger partial charge in [0.2, 0.25) is 0 Å². The van der Waals surface area contributed by atoms with Gasteiger partial charge in [-0.25, -0.2) is 5.43 Å². The van der Waals surface area contributed by atoms with Crippen LogP contribution in [-0.4, -0.2) is 22.2 Å². The molecule has 0 bridgehead atoms. The molecule has 0 aliphatic carbocycles. The Bertz CT molecular complexity index is 805. The predicted molar refractivity (Wildman–Crippen MR) is 88.7 cm³/mol. The number of nitrogens with zero attached hydrogens (tertiary/aromatic N) is 2. The molecule has 0 heterocycles. The van der Waals surface area contributed by atoms with Gasteiger partial charge in [-0.05, 0) is 35.0 Å². The zero-order chi connectivity index (χ0) is 17.0. The van der Waals surface area contributed by atoms with E-state index in [0.717, 1.165) is 17.8 Å². The van der Waals surface area contributed by atoms with Gasteiger partial charge in [0.1, 0.15) is 5.75 Å². The van der Waals surface area contributed by atoms with E-state index in [-0.39, 0.29) is 21.5 Å². The molecule has 0 aliphatic heterocycles. The normalized spacial score (nSPS) is 10.7. The Balaban J connectivity index is 2.17. The van der Waals surface area contributed by atoms with Crippen LogP contribution in [0.25, 0.3) is 0 Å². The summed E-state index contributed by atoms with van der Waals surface area (Å²) in [6.45, 7) is 1.86. The van der Waals surface area contributed by atoms with E-state index in [1.54, 1.807) is 18.2 Å². The van der Waals surface area contributed by atoms with Crippen molar-refractivity contribution in [1.82, 2.24) is 5.43 Å². The zero-order valence-corrected chi connectivity index (χ0v) is 13.6. The first-order valence-electron chi connectivity index (χ1n) is 6.45. The van der Waals surface area contributed by atoms with Crippen LogP contribution in [0.15, 0.2) is 46.0 Å². The number of phenolic OH excluding ortho intramolecular Hbond substituents is 1. The van der Waals surface area contributed by atoms with E-state index in [0.29, 0.717) is 5.56 Å². The molecule has 8 heteroatoms. The van der Waals surface area contributed by atoms with E-state index in [9.17, 15) is 20.0 Å². The summed E-state index contributed by atoms with van der Waals surface area (Å²) in [5, 5.41) is 24.4. The van der Waals surface area contributed by atoms with Crippen molar-refractivity contribution in [2.75, 3.05) is 0 Å². The molecule has 1 amide bonds. The molecule has 0 spiro atoms. The second-order valence-electron chi connectivity index (χ2n) is 4.69. The van der Waals surface area contributed by atoms with E-state index in [4.69, 9.17) is 0 Å². The largest absolute Gasteiger partial charge is 0.506 e. The minimum atomic E-state index is -0.590. The Morgan fingerprint density at radius 3 is 2.78 bits per heavy atom. The first-order valence-corrected chi connectivity index (χ1v) is 7.25. The minimum absolute atomic E-state index is 0.107. The van der Waals surface area contributed by atoms with Crippen LogP contribution >= 0.6 is 15.9 Å². The molecular weight excluding hydrogens is 366 g/mol. The Kier molecular flexibility index (Phi) is 5.07. The number of aryl methyl sites for hydroxylation is 1. The number of benzene rings is 2. The fourth-order valence-electron chi connectivity index (χ4n) is 1.82. The Morgan fingerprint density at radius 1 is 1.39 bits per heavy atom. The lowest BCUT2D eigenvalue weighted by Crippen LogP contribution is -2.17.